The van der Waals surface area contributed by atoms with Gasteiger partial charge in [-0.05, 0) is 12.1 Å². The maximum atomic E-state index is 5.78. The third kappa shape index (κ3) is 4.67. The molecule has 5 heteroatoms. The molecule has 2 heterocycles. The van der Waals surface area contributed by atoms with E-state index in [1.807, 2.05) is 58.0 Å². The van der Waals surface area contributed by atoms with E-state index in [1.165, 1.54) is 6.20 Å². The number of ether oxygens (including phenoxy) is 1. The van der Waals surface area contributed by atoms with Crippen molar-refractivity contribution < 1.29 is 4.74 Å². The second-order valence-corrected chi connectivity index (χ2v) is 3.98. The number of hydrogen-bond acceptors (Lipinski definition) is 4. The molecule has 0 saturated heterocycles. The highest BCUT2D eigenvalue weighted by atomic mass is 35.5. The summed E-state index contributed by atoms with van der Waals surface area (Å²) in [5.74, 6) is 1.34. The zero-order valence-corrected chi connectivity index (χ0v) is 14.0. The largest absolute Gasteiger partial charge is 0.455 e. The third-order valence-corrected chi connectivity index (χ3v) is 2.53. The maximum absolute atomic E-state index is 5.78. The lowest BCUT2D eigenvalue weighted by Crippen LogP contribution is -1.92. The maximum Gasteiger partial charge on any atom is 0.183 e. The van der Waals surface area contributed by atoms with Crippen LogP contribution in [0.3, 0.4) is 0 Å². The standard InChI is InChI=1S/C13H8ClN3O.2C2H6/c14-11-8-16-12-10(6-7-15-13(12)17-11)18-9-4-2-1-3-5-9;2*1-2/h1-8H;2*1-2H3. The molecule has 3 rings (SSSR count). The van der Waals surface area contributed by atoms with Crippen molar-refractivity contribution in [3.8, 4) is 11.5 Å². The predicted molar refractivity (Wildman–Crippen MR) is 91.6 cm³/mol. The van der Waals surface area contributed by atoms with Gasteiger partial charge in [-0.15, -0.1) is 0 Å². The van der Waals surface area contributed by atoms with Gasteiger partial charge in [-0.1, -0.05) is 57.5 Å². The Balaban J connectivity index is 0.000000561. The minimum Gasteiger partial charge on any atom is -0.455 e. The summed E-state index contributed by atoms with van der Waals surface area (Å²) in [7, 11) is 0. The molecule has 0 bridgehead atoms. The summed E-state index contributed by atoms with van der Waals surface area (Å²) in [6.45, 7) is 8.00. The first-order valence-electron chi connectivity index (χ1n) is 7.33. The molecule has 22 heavy (non-hydrogen) atoms. The molecule has 0 fully saturated rings. The topological polar surface area (TPSA) is 47.9 Å². The van der Waals surface area contributed by atoms with Crippen LogP contribution < -0.4 is 4.74 Å². The van der Waals surface area contributed by atoms with Gasteiger partial charge in [0.25, 0.3) is 0 Å². The highest BCUT2D eigenvalue weighted by Crippen LogP contribution is 2.26. The van der Waals surface area contributed by atoms with Gasteiger partial charge in [0.05, 0.1) is 6.20 Å². The van der Waals surface area contributed by atoms with Crippen LogP contribution in [-0.4, -0.2) is 15.0 Å². The molecule has 3 aromatic rings. The monoisotopic (exact) mass is 317 g/mol. The quantitative estimate of drug-likeness (QED) is 0.624. The molecule has 0 unspecified atom stereocenters. The average Bonchev–Trinajstić information content (AvgIpc) is 2.59. The molecule has 0 N–H and O–H groups in total. The smallest absolute Gasteiger partial charge is 0.183 e. The van der Waals surface area contributed by atoms with E-state index >= 15 is 0 Å². The lowest BCUT2D eigenvalue weighted by molar-refractivity contribution is 0.486. The summed E-state index contributed by atoms with van der Waals surface area (Å²) in [6, 6.07) is 11.2. The van der Waals surface area contributed by atoms with E-state index in [0.717, 1.165) is 5.75 Å². The van der Waals surface area contributed by atoms with E-state index in [1.54, 1.807) is 12.3 Å². The van der Waals surface area contributed by atoms with E-state index in [-0.39, 0.29) is 0 Å². The fourth-order valence-electron chi connectivity index (χ4n) is 1.57. The van der Waals surface area contributed by atoms with Crippen molar-refractivity contribution in [2.45, 2.75) is 27.7 Å². The van der Waals surface area contributed by atoms with Crippen molar-refractivity contribution >= 4 is 22.8 Å². The Morgan fingerprint density at radius 1 is 0.909 bits per heavy atom. The first kappa shape index (κ1) is 17.9. The molecule has 0 amide bonds. The Kier molecular flexibility index (Phi) is 7.86. The van der Waals surface area contributed by atoms with Gasteiger partial charge >= 0.3 is 0 Å². The van der Waals surface area contributed by atoms with Crippen molar-refractivity contribution in [2.24, 2.45) is 0 Å². The van der Waals surface area contributed by atoms with Crippen LogP contribution in [0.5, 0.6) is 11.5 Å². The molecule has 0 spiro atoms. The summed E-state index contributed by atoms with van der Waals surface area (Å²) in [6.07, 6.45) is 3.09. The number of rotatable bonds is 2. The highest BCUT2D eigenvalue weighted by Gasteiger charge is 2.07. The van der Waals surface area contributed by atoms with E-state index in [9.17, 15) is 0 Å². The Hall–Kier alpha value is -2.20. The second kappa shape index (κ2) is 9.68. The van der Waals surface area contributed by atoms with Crippen LogP contribution in [0.4, 0.5) is 0 Å². The number of hydrogen-bond donors (Lipinski definition) is 0. The lowest BCUT2D eigenvalue weighted by atomic mass is 10.3. The van der Waals surface area contributed by atoms with Gasteiger partial charge in [-0.2, -0.15) is 0 Å². The molecule has 1 aromatic carbocycles. The third-order valence-electron chi connectivity index (χ3n) is 2.35. The molecule has 0 aliphatic carbocycles. The molecule has 4 nitrogen and oxygen atoms in total. The van der Waals surface area contributed by atoms with E-state index in [4.69, 9.17) is 16.3 Å². The molecule has 0 radical (unpaired) electrons. The Labute approximate surface area is 136 Å². The van der Waals surface area contributed by atoms with E-state index in [2.05, 4.69) is 15.0 Å². The fraction of sp³-hybridized carbons (Fsp3) is 0.235. The fourth-order valence-corrected chi connectivity index (χ4v) is 1.70. The van der Waals surface area contributed by atoms with Crippen LogP contribution in [0.15, 0.2) is 48.8 Å². The zero-order chi connectivity index (χ0) is 16.4. The second-order valence-electron chi connectivity index (χ2n) is 3.59. The Morgan fingerprint density at radius 2 is 1.59 bits per heavy atom. The van der Waals surface area contributed by atoms with Crippen molar-refractivity contribution in [3.63, 3.8) is 0 Å². The van der Waals surface area contributed by atoms with E-state index < -0.39 is 0 Å². The van der Waals surface area contributed by atoms with Gasteiger partial charge in [-0.3, -0.25) is 0 Å². The van der Waals surface area contributed by atoms with Gasteiger partial charge in [-0.25, -0.2) is 15.0 Å². The number of fused-ring (bicyclic) bond motifs is 1. The molecule has 2 aromatic heterocycles. The number of nitrogens with zero attached hydrogens (tertiary/aromatic N) is 3. The normalized spacial score (nSPS) is 9.14. The molecule has 116 valence electrons. The van der Waals surface area contributed by atoms with Gasteiger partial charge < -0.3 is 4.74 Å². The van der Waals surface area contributed by atoms with Gasteiger partial charge in [0.15, 0.2) is 16.9 Å². The summed E-state index contributed by atoms with van der Waals surface area (Å²) in [5.41, 5.74) is 1.06. The number of benzene rings is 1. The van der Waals surface area contributed by atoms with E-state index in [0.29, 0.717) is 22.1 Å². The van der Waals surface area contributed by atoms with Crippen LogP contribution in [0.1, 0.15) is 27.7 Å². The summed E-state index contributed by atoms with van der Waals surface area (Å²) < 4.78 is 5.75. The minimum atomic E-state index is 0.312. The Bertz CT molecular complexity index is 690. The van der Waals surface area contributed by atoms with Crippen LogP contribution in [0.25, 0.3) is 11.2 Å². The van der Waals surface area contributed by atoms with Crippen LogP contribution >= 0.6 is 11.6 Å². The number of aromatic nitrogens is 3. The molecular formula is C17H20ClN3O. The first-order valence-corrected chi connectivity index (χ1v) is 7.71. The molecule has 0 atom stereocenters. The van der Waals surface area contributed by atoms with Gasteiger partial charge in [0, 0.05) is 12.3 Å². The number of pyridine rings is 1. The van der Waals surface area contributed by atoms with Crippen molar-refractivity contribution in [1.82, 2.24) is 15.0 Å². The molecular weight excluding hydrogens is 298 g/mol. The molecule has 0 saturated carbocycles. The Morgan fingerprint density at radius 3 is 2.27 bits per heavy atom. The van der Waals surface area contributed by atoms with Crippen molar-refractivity contribution in [3.05, 3.63) is 53.9 Å². The highest BCUT2D eigenvalue weighted by molar-refractivity contribution is 6.29. The first-order chi connectivity index (χ1) is 10.8. The SMILES string of the molecule is CC.CC.Clc1cnc2c(Oc3ccccc3)ccnc2n1. The summed E-state index contributed by atoms with van der Waals surface area (Å²) >= 11 is 5.78. The van der Waals surface area contributed by atoms with Crippen LogP contribution in [-0.2, 0) is 0 Å². The molecule has 0 aliphatic heterocycles. The van der Waals surface area contributed by atoms with Crippen LogP contribution in [0, 0.1) is 0 Å². The summed E-state index contributed by atoms with van der Waals surface area (Å²) in [4.78, 5) is 12.4. The minimum absolute atomic E-state index is 0.312. The zero-order valence-electron chi connectivity index (χ0n) is 13.2. The number of halogens is 1. The van der Waals surface area contributed by atoms with Crippen molar-refractivity contribution in [2.75, 3.05) is 0 Å². The lowest BCUT2D eigenvalue weighted by Gasteiger charge is -2.06. The predicted octanol–water partition coefficient (Wildman–Crippen LogP) is 5.52. The van der Waals surface area contributed by atoms with Crippen LogP contribution in [0.2, 0.25) is 5.15 Å². The number of para-hydroxylation sites is 1. The van der Waals surface area contributed by atoms with Crippen molar-refractivity contribution in [1.29, 1.82) is 0 Å². The summed E-state index contributed by atoms with van der Waals surface area (Å²) in [5, 5.41) is 0.312. The van der Waals surface area contributed by atoms with Gasteiger partial charge in [0.1, 0.15) is 10.9 Å². The molecule has 0 aliphatic rings. The van der Waals surface area contributed by atoms with Gasteiger partial charge in [0.2, 0.25) is 0 Å². The average molecular weight is 318 g/mol.